The minimum Gasteiger partial charge on any atom is -0.342 e. The first-order valence-electron chi connectivity index (χ1n) is 5.90. The van der Waals surface area contributed by atoms with E-state index in [1.807, 2.05) is 4.90 Å². The molecule has 0 bridgehead atoms. The summed E-state index contributed by atoms with van der Waals surface area (Å²) in [5.74, 6) is 0.809. The highest BCUT2D eigenvalue weighted by Crippen LogP contribution is 2.22. The zero-order chi connectivity index (χ0) is 11.5. The zero-order valence-electron chi connectivity index (χ0n) is 10.3. The molecule has 15 heavy (non-hydrogen) atoms. The molecule has 1 aliphatic heterocycles. The molecule has 1 heterocycles. The van der Waals surface area contributed by atoms with Gasteiger partial charge < -0.3 is 10.6 Å². The van der Waals surface area contributed by atoms with Crippen LogP contribution in [0.3, 0.4) is 0 Å². The molecule has 3 nitrogen and oxygen atoms in total. The predicted octanol–water partition coefficient (Wildman–Crippen LogP) is 1.62. The normalized spacial score (nSPS) is 22.9. The van der Waals surface area contributed by atoms with Gasteiger partial charge in [-0.1, -0.05) is 20.8 Å². The summed E-state index contributed by atoms with van der Waals surface area (Å²) in [4.78, 5) is 14.0. The summed E-state index contributed by atoms with van der Waals surface area (Å²) < 4.78 is 0. The van der Waals surface area contributed by atoms with Gasteiger partial charge in [0, 0.05) is 19.5 Å². The number of amides is 1. The molecule has 88 valence electrons. The number of rotatable bonds is 2. The first-order chi connectivity index (χ1) is 6.92. The van der Waals surface area contributed by atoms with Crippen molar-refractivity contribution in [2.24, 2.45) is 17.1 Å². The fraction of sp³-hybridized carbons (Fsp3) is 0.917. The second-order valence-electron chi connectivity index (χ2n) is 5.82. The number of nitrogens with zero attached hydrogens (tertiary/aromatic N) is 1. The van der Waals surface area contributed by atoms with Gasteiger partial charge >= 0.3 is 0 Å². The van der Waals surface area contributed by atoms with Crippen LogP contribution >= 0.6 is 0 Å². The molecule has 3 heteroatoms. The van der Waals surface area contributed by atoms with Crippen molar-refractivity contribution in [1.29, 1.82) is 0 Å². The molecule has 0 saturated carbocycles. The standard InChI is InChI=1S/C12H24N2O/c1-12(2,3)7-11(15)14-6-4-5-10(8-13)9-14/h10H,4-9,13H2,1-3H3/t10-/m1/s1. The lowest BCUT2D eigenvalue weighted by Gasteiger charge is -2.33. The van der Waals surface area contributed by atoms with E-state index in [0.29, 0.717) is 24.8 Å². The Morgan fingerprint density at radius 3 is 2.67 bits per heavy atom. The van der Waals surface area contributed by atoms with Crippen molar-refractivity contribution in [2.75, 3.05) is 19.6 Å². The van der Waals surface area contributed by atoms with Crippen LogP contribution in [0, 0.1) is 11.3 Å². The molecule has 1 atom stereocenters. The summed E-state index contributed by atoms with van der Waals surface area (Å²) in [7, 11) is 0. The highest BCUT2D eigenvalue weighted by molar-refractivity contribution is 5.76. The van der Waals surface area contributed by atoms with Gasteiger partial charge in [-0.25, -0.2) is 0 Å². The van der Waals surface area contributed by atoms with Crippen LogP contribution in [0.1, 0.15) is 40.0 Å². The summed E-state index contributed by atoms with van der Waals surface area (Å²) in [6.45, 7) is 8.82. The first-order valence-corrected chi connectivity index (χ1v) is 5.90. The van der Waals surface area contributed by atoms with E-state index in [4.69, 9.17) is 5.73 Å². The third kappa shape index (κ3) is 4.20. The van der Waals surface area contributed by atoms with Crippen LogP contribution in [0.15, 0.2) is 0 Å². The van der Waals surface area contributed by atoms with Crippen LogP contribution < -0.4 is 5.73 Å². The molecule has 2 N–H and O–H groups in total. The fourth-order valence-corrected chi connectivity index (χ4v) is 2.05. The summed E-state index contributed by atoms with van der Waals surface area (Å²) in [6.07, 6.45) is 2.93. The molecular weight excluding hydrogens is 188 g/mol. The van der Waals surface area contributed by atoms with Crippen molar-refractivity contribution in [3.63, 3.8) is 0 Å². The molecule has 0 aliphatic carbocycles. The van der Waals surface area contributed by atoms with E-state index in [2.05, 4.69) is 20.8 Å². The van der Waals surface area contributed by atoms with Crippen LogP contribution in [0.25, 0.3) is 0 Å². The molecule has 0 spiro atoms. The van der Waals surface area contributed by atoms with Crippen molar-refractivity contribution >= 4 is 5.91 Å². The van der Waals surface area contributed by atoms with E-state index in [1.165, 1.54) is 6.42 Å². The number of carbonyl (C=O) groups is 1. The SMILES string of the molecule is CC(C)(C)CC(=O)N1CCC[C@H](CN)C1. The smallest absolute Gasteiger partial charge is 0.223 e. The molecule has 1 saturated heterocycles. The maximum absolute atomic E-state index is 12.0. The minimum atomic E-state index is 0.0900. The number of nitrogens with two attached hydrogens (primary N) is 1. The topological polar surface area (TPSA) is 46.3 Å². The van der Waals surface area contributed by atoms with E-state index >= 15 is 0 Å². The molecule has 1 aliphatic rings. The monoisotopic (exact) mass is 212 g/mol. The average molecular weight is 212 g/mol. The lowest BCUT2D eigenvalue weighted by atomic mass is 9.90. The Morgan fingerprint density at radius 2 is 2.13 bits per heavy atom. The fourth-order valence-electron chi connectivity index (χ4n) is 2.05. The van der Waals surface area contributed by atoms with Gasteiger partial charge in [0.1, 0.15) is 0 Å². The minimum absolute atomic E-state index is 0.0900. The molecule has 1 rings (SSSR count). The van der Waals surface area contributed by atoms with E-state index in [1.54, 1.807) is 0 Å². The van der Waals surface area contributed by atoms with Crippen LogP contribution in [0.5, 0.6) is 0 Å². The maximum Gasteiger partial charge on any atom is 0.223 e. The van der Waals surface area contributed by atoms with E-state index in [9.17, 15) is 4.79 Å². The quantitative estimate of drug-likeness (QED) is 0.756. The Labute approximate surface area is 93.0 Å². The Bertz CT molecular complexity index is 220. The second kappa shape index (κ2) is 4.97. The lowest BCUT2D eigenvalue weighted by Crippen LogP contribution is -2.43. The lowest BCUT2D eigenvalue weighted by molar-refractivity contribution is -0.134. The number of carbonyl (C=O) groups excluding carboxylic acids is 1. The number of hydrogen-bond acceptors (Lipinski definition) is 2. The molecule has 0 aromatic rings. The van der Waals surface area contributed by atoms with Gasteiger partial charge in [0.2, 0.25) is 5.91 Å². The maximum atomic E-state index is 12.0. The van der Waals surface area contributed by atoms with Crippen molar-refractivity contribution in [3.05, 3.63) is 0 Å². The zero-order valence-corrected chi connectivity index (χ0v) is 10.3. The Kier molecular flexibility index (Phi) is 4.14. The average Bonchev–Trinajstić information content (AvgIpc) is 2.15. The van der Waals surface area contributed by atoms with Gasteiger partial charge in [0.25, 0.3) is 0 Å². The van der Waals surface area contributed by atoms with Crippen LogP contribution in [0.4, 0.5) is 0 Å². The van der Waals surface area contributed by atoms with E-state index in [-0.39, 0.29) is 5.41 Å². The van der Waals surface area contributed by atoms with E-state index < -0.39 is 0 Å². The van der Waals surface area contributed by atoms with Gasteiger partial charge in [-0.2, -0.15) is 0 Å². The predicted molar refractivity (Wildman–Crippen MR) is 62.4 cm³/mol. The molecule has 1 fully saturated rings. The summed E-state index contributed by atoms with van der Waals surface area (Å²) >= 11 is 0. The summed E-state index contributed by atoms with van der Waals surface area (Å²) in [6, 6.07) is 0. The van der Waals surface area contributed by atoms with Gasteiger partial charge in [-0.05, 0) is 30.7 Å². The van der Waals surface area contributed by atoms with Crippen molar-refractivity contribution in [3.8, 4) is 0 Å². The van der Waals surface area contributed by atoms with Crippen molar-refractivity contribution in [1.82, 2.24) is 4.90 Å². The Balaban J connectivity index is 2.45. The van der Waals surface area contributed by atoms with Crippen LogP contribution in [0.2, 0.25) is 0 Å². The van der Waals surface area contributed by atoms with Gasteiger partial charge in [0.05, 0.1) is 0 Å². The molecule has 1 amide bonds. The number of likely N-dealkylation sites (tertiary alicyclic amines) is 1. The molecular formula is C12H24N2O. The van der Waals surface area contributed by atoms with Crippen molar-refractivity contribution in [2.45, 2.75) is 40.0 Å². The summed E-state index contributed by atoms with van der Waals surface area (Å²) in [5, 5.41) is 0. The molecule has 0 unspecified atom stereocenters. The third-order valence-corrected chi connectivity index (χ3v) is 2.89. The highest BCUT2D eigenvalue weighted by atomic mass is 16.2. The van der Waals surface area contributed by atoms with Gasteiger partial charge in [0.15, 0.2) is 0 Å². The number of piperidine rings is 1. The second-order valence-corrected chi connectivity index (χ2v) is 5.82. The van der Waals surface area contributed by atoms with Gasteiger partial charge in [-0.3, -0.25) is 4.79 Å². The largest absolute Gasteiger partial charge is 0.342 e. The summed E-state index contributed by atoms with van der Waals surface area (Å²) in [5.41, 5.74) is 5.74. The first kappa shape index (κ1) is 12.5. The van der Waals surface area contributed by atoms with Crippen LogP contribution in [-0.2, 0) is 4.79 Å². The van der Waals surface area contributed by atoms with Crippen LogP contribution in [-0.4, -0.2) is 30.4 Å². The van der Waals surface area contributed by atoms with Crippen molar-refractivity contribution < 1.29 is 4.79 Å². The highest BCUT2D eigenvalue weighted by Gasteiger charge is 2.25. The number of hydrogen-bond donors (Lipinski definition) is 1. The van der Waals surface area contributed by atoms with E-state index in [0.717, 1.165) is 19.5 Å². The molecule has 0 radical (unpaired) electrons. The third-order valence-electron chi connectivity index (χ3n) is 2.89. The Morgan fingerprint density at radius 1 is 1.47 bits per heavy atom. The Hall–Kier alpha value is -0.570. The molecule has 0 aromatic carbocycles. The van der Waals surface area contributed by atoms with Gasteiger partial charge in [-0.15, -0.1) is 0 Å². The molecule has 0 aromatic heterocycles.